The van der Waals surface area contributed by atoms with Crippen LogP contribution >= 0.6 is 11.6 Å². The normalized spacial score (nSPS) is 9.00. The third kappa shape index (κ3) is 3.29. The number of alkyl halides is 1. The molecule has 0 saturated heterocycles. The monoisotopic (exact) mass is 164 g/mol. The smallest absolute Gasteiger partial charge is 0.237 e. The van der Waals surface area contributed by atoms with Gasteiger partial charge in [-0.15, -0.1) is 11.6 Å². The van der Waals surface area contributed by atoms with Crippen LogP contribution < -0.4 is 5.73 Å². The van der Waals surface area contributed by atoms with Crippen molar-refractivity contribution in [2.24, 2.45) is 5.73 Å². The maximum Gasteiger partial charge on any atom is 0.237 e. The number of likely N-dealkylation sites (N-methyl/N-ethyl adjacent to an activating group) is 1. The van der Waals surface area contributed by atoms with Gasteiger partial charge in [0.1, 0.15) is 5.88 Å². The summed E-state index contributed by atoms with van der Waals surface area (Å²) in [5.41, 5.74) is 4.81. The third-order valence-electron chi connectivity index (χ3n) is 0.933. The van der Waals surface area contributed by atoms with E-state index in [2.05, 4.69) is 0 Å². The van der Waals surface area contributed by atoms with E-state index in [4.69, 9.17) is 17.3 Å². The number of rotatable bonds is 3. The topological polar surface area (TPSA) is 63.4 Å². The van der Waals surface area contributed by atoms with Crippen LogP contribution in [0.3, 0.4) is 0 Å². The van der Waals surface area contributed by atoms with Gasteiger partial charge < -0.3 is 10.6 Å². The van der Waals surface area contributed by atoms with Crippen molar-refractivity contribution in [3.8, 4) is 0 Å². The molecule has 2 N–H and O–H groups in total. The van der Waals surface area contributed by atoms with Crippen LogP contribution in [-0.2, 0) is 9.59 Å². The second-order valence-electron chi connectivity index (χ2n) is 1.85. The Bertz CT molecular complexity index is 149. The van der Waals surface area contributed by atoms with Crippen molar-refractivity contribution in [1.82, 2.24) is 4.90 Å². The van der Waals surface area contributed by atoms with E-state index in [0.717, 1.165) is 0 Å². The van der Waals surface area contributed by atoms with Gasteiger partial charge in [-0.25, -0.2) is 0 Å². The van der Waals surface area contributed by atoms with Crippen molar-refractivity contribution in [3.05, 3.63) is 0 Å². The van der Waals surface area contributed by atoms with E-state index >= 15 is 0 Å². The number of halogens is 1. The van der Waals surface area contributed by atoms with Crippen LogP contribution in [0.2, 0.25) is 0 Å². The minimum Gasteiger partial charge on any atom is -0.368 e. The Morgan fingerprint density at radius 3 is 2.40 bits per heavy atom. The molecule has 2 amide bonds. The van der Waals surface area contributed by atoms with E-state index in [1.165, 1.54) is 11.9 Å². The molecule has 0 aliphatic heterocycles. The number of amides is 2. The molecule has 4 nitrogen and oxygen atoms in total. The second-order valence-corrected chi connectivity index (χ2v) is 2.12. The molecule has 0 aromatic carbocycles. The summed E-state index contributed by atoms with van der Waals surface area (Å²) < 4.78 is 0. The first-order chi connectivity index (χ1) is 4.57. The summed E-state index contributed by atoms with van der Waals surface area (Å²) in [5, 5.41) is 0. The van der Waals surface area contributed by atoms with Crippen molar-refractivity contribution in [2.45, 2.75) is 0 Å². The Kier molecular flexibility index (Phi) is 3.79. The maximum absolute atomic E-state index is 10.6. The van der Waals surface area contributed by atoms with Crippen molar-refractivity contribution in [1.29, 1.82) is 0 Å². The minimum atomic E-state index is -0.541. The fourth-order valence-corrected chi connectivity index (χ4v) is 0.628. The molecular weight excluding hydrogens is 156 g/mol. The largest absolute Gasteiger partial charge is 0.368 e. The standard InChI is InChI=1S/C5H9ClN2O2/c1-8(3-4(7)9)5(10)2-6/h2-3H2,1H3,(H2,7,9). The average Bonchev–Trinajstić information content (AvgIpc) is 1.85. The Hall–Kier alpha value is -0.770. The Balaban J connectivity index is 3.72. The average molecular weight is 165 g/mol. The number of nitrogens with zero attached hydrogens (tertiary/aromatic N) is 1. The number of primary amides is 1. The molecule has 0 atom stereocenters. The predicted molar refractivity (Wildman–Crippen MR) is 37.6 cm³/mol. The van der Waals surface area contributed by atoms with Gasteiger partial charge in [-0.3, -0.25) is 9.59 Å². The summed E-state index contributed by atoms with van der Waals surface area (Å²) in [6.45, 7) is -0.0778. The van der Waals surface area contributed by atoms with E-state index in [0.29, 0.717) is 0 Å². The number of nitrogens with two attached hydrogens (primary N) is 1. The zero-order chi connectivity index (χ0) is 8.15. The van der Waals surface area contributed by atoms with Gasteiger partial charge in [-0.1, -0.05) is 0 Å². The number of carbonyl (C=O) groups is 2. The SMILES string of the molecule is CN(CC(N)=O)C(=O)CCl. The fourth-order valence-electron chi connectivity index (χ4n) is 0.424. The van der Waals surface area contributed by atoms with E-state index in [1.807, 2.05) is 0 Å². The first kappa shape index (κ1) is 9.23. The van der Waals surface area contributed by atoms with Gasteiger partial charge in [0.05, 0.1) is 6.54 Å². The maximum atomic E-state index is 10.6. The lowest BCUT2D eigenvalue weighted by molar-refractivity contribution is -0.131. The van der Waals surface area contributed by atoms with Gasteiger partial charge in [0, 0.05) is 7.05 Å². The number of hydrogen-bond donors (Lipinski definition) is 1. The van der Waals surface area contributed by atoms with E-state index in [1.54, 1.807) is 0 Å². The summed E-state index contributed by atoms with van der Waals surface area (Å²) in [5.74, 6) is -0.967. The third-order valence-corrected chi connectivity index (χ3v) is 1.16. The van der Waals surface area contributed by atoms with Gasteiger partial charge in [-0.05, 0) is 0 Å². The zero-order valence-corrected chi connectivity index (χ0v) is 6.39. The Labute approximate surface area is 63.9 Å². The molecule has 5 heteroatoms. The highest BCUT2D eigenvalue weighted by molar-refractivity contribution is 6.27. The van der Waals surface area contributed by atoms with Gasteiger partial charge in [0.15, 0.2) is 0 Å². The first-order valence-corrected chi connectivity index (χ1v) is 3.19. The molecule has 0 rings (SSSR count). The quantitative estimate of drug-likeness (QED) is 0.554. The molecule has 0 aromatic heterocycles. The second kappa shape index (κ2) is 4.11. The van der Waals surface area contributed by atoms with E-state index in [9.17, 15) is 9.59 Å². The van der Waals surface area contributed by atoms with Crippen molar-refractivity contribution in [3.63, 3.8) is 0 Å². The van der Waals surface area contributed by atoms with Gasteiger partial charge in [-0.2, -0.15) is 0 Å². The van der Waals surface area contributed by atoms with Gasteiger partial charge in [0.25, 0.3) is 0 Å². The molecule has 58 valence electrons. The molecule has 0 aliphatic rings. The molecule has 0 spiro atoms. The highest BCUT2D eigenvalue weighted by atomic mass is 35.5. The van der Waals surface area contributed by atoms with Crippen molar-refractivity contribution >= 4 is 23.4 Å². The lowest BCUT2D eigenvalue weighted by Gasteiger charge is -2.12. The first-order valence-electron chi connectivity index (χ1n) is 2.66. The van der Waals surface area contributed by atoms with Crippen LogP contribution in [0.15, 0.2) is 0 Å². The summed E-state index contributed by atoms with van der Waals surface area (Å²) >= 11 is 5.19. The van der Waals surface area contributed by atoms with Crippen molar-refractivity contribution in [2.75, 3.05) is 19.5 Å². The summed E-state index contributed by atoms with van der Waals surface area (Å²) in [6.07, 6.45) is 0. The zero-order valence-electron chi connectivity index (χ0n) is 5.63. The van der Waals surface area contributed by atoms with Crippen molar-refractivity contribution < 1.29 is 9.59 Å². The van der Waals surface area contributed by atoms with Crippen LogP contribution in [0.1, 0.15) is 0 Å². The molecule has 0 heterocycles. The lowest BCUT2D eigenvalue weighted by atomic mass is 10.5. The molecule has 0 aromatic rings. The van der Waals surface area contributed by atoms with Crippen LogP contribution in [0.25, 0.3) is 0 Å². The summed E-state index contributed by atoms with van der Waals surface area (Å²) in [7, 11) is 1.47. The van der Waals surface area contributed by atoms with Crippen LogP contribution in [0, 0.1) is 0 Å². The van der Waals surface area contributed by atoms with Gasteiger partial charge in [0.2, 0.25) is 11.8 Å². The predicted octanol–water partition coefficient (Wildman–Crippen LogP) is -0.831. The Morgan fingerprint density at radius 2 is 2.10 bits per heavy atom. The van der Waals surface area contributed by atoms with E-state index in [-0.39, 0.29) is 18.3 Å². The molecule has 0 radical (unpaired) electrons. The number of carbonyl (C=O) groups excluding carboxylic acids is 2. The van der Waals surface area contributed by atoms with Crippen LogP contribution in [-0.4, -0.2) is 36.2 Å². The highest BCUT2D eigenvalue weighted by Gasteiger charge is 2.07. The summed E-state index contributed by atoms with van der Waals surface area (Å²) in [6, 6.07) is 0. The molecule has 0 unspecified atom stereocenters. The summed E-state index contributed by atoms with van der Waals surface area (Å²) in [4.78, 5) is 22.0. The van der Waals surface area contributed by atoms with E-state index < -0.39 is 5.91 Å². The Morgan fingerprint density at radius 1 is 1.60 bits per heavy atom. The molecule has 0 fully saturated rings. The molecule has 0 saturated carbocycles. The van der Waals surface area contributed by atoms with Crippen LogP contribution in [0.4, 0.5) is 0 Å². The minimum absolute atomic E-state index is 0.0778. The fraction of sp³-hybridized carbons (Fsp3) is 0.600. The molecule has 0 aliphatic carbocycles. The van der Waals surface area contributed by atoms with Gasteiger partial charge >= 0.3 is 0 Å². The highest BCUT2D eigenvalue weighted by Crippen LogP contribution is 1.85. The molecule has 10 heavy (non-hydrogen) atoms. The van der Waals surface area contributed by atoms with Crippen LogP contribution in [0.5, 0.6) is 0 Å². The molecule has 0 bridgehead atoms. The molecular formula is C5H9ClN2O2. The lowest BCUT2D eigenvalue weighted by Crippen LogP contribution is -2.35. The number of hydrogen-bond acceptors (Lipinski definition) is 2.